The summed E-state index contributed by atoms with van der Waals surface area (Å²) in [6, 6.07) is 4.93. The van der Waals surface area contributed by atoms with Crippen LogP contribution in [0.25, 0.3) is 0 Å². The highest BCUT2D eigenvalue weighted by Gasteiger charge is 2.24. The highest BCUT2D eigenvalue weighted by atomic mass is 29.2. The number of hydrogen-bond donors (Lipinski definition) is 0. The van der Waals surface area contributed by atoms with Crippen LogP contribution in [0.5, 0.6) is 0 Å². The third-order valence-electron chi connectivity index (χ3n) is 3.02. The second kappa shape index (κ2) is 3.87. The van der Waals surface area contributed by atoms with Crippen LogP contribution in [-0.4, -0.2) is 30.1 Å². The van der Waals surface area contributed by atoms with Gasteiger partial charge in [-0.1, -0.05) is 31.4 Å². The molecular weight excluding hydrogens is 168 g/mol. The fourth-order valence-corrected chi connectivity index (χ4v) is 11.9. The lowest BCUT2D eigenvalue weighted by Gasteiger charge is -2.18. The third-order valence-corrected chi connectivity index (χ3v) is 13.2. The second-order valence-electron chi connectivity index (χ2n) is 4.04. The van der Waals surface area contributed by atoms with E-state index in [0.29, 0.717) is 9.04 Å². The molecule has 64 valence electrons. The van der Waals surface area contributed by atoms with Crippen LogP contribution in [0.4, 0.5) is 0 Å². The molecule has 0 spiro atoms. The zero-order valence-electron chi connectivity index (χ0n) is 7.22. The summed E-state index contributed by atoms with van der Waals surface area (Å²) >= 11 is 0. The van der Waals surface area contributed by atoms with E-state index in [2.05, 4.69) is 0 Å². The minimum absolute atomic E-state index is 0.0834. The van der Waals surface area contributed by atoms with Crippen LogP contribution in [-0.2, 0) is 4.74 Å². The molecule has 1 unspecified atom stereocenters. The maximum atomic E-state index is 5.26. The van der Waals surface area contributed by atoms with Crippen LogP contribution < -0.4 is 0 Å². The van der Waals surface area contributed by atoms with Gasteiger partial charge in [0.2, 0.25) is 0 Å². The van der Waals surface area contributed by atoms with Gasteiger partial charge in [-0.15, -0.1) is 0 Å². The van der Waals surface area contributed by atoms with Gasteiger partial charge in [0.05, 0.1) is 12.7 Å². The molecule has 0 saturated carbocycles. The van der Waals surface area contributed by atoms with Crippen LogP contribution >= 0.6 is 0 Å². The summed E-state index contributed by atoms with van der Waals surface area (Å²) in [5, 5.41) is 0. The van der Waals surface area contributed by atoms with E-state index in [1.807, 2.05) is 0 Å². The van der Waals surface area contributed by atoms with Crippen LogP contribution in [0, 0.1) is 0 Å². The van der Waals surface area contributed by atoms with Gasteiger partial charge in [-0.05, 0) is 6.04 Å². The molecule has 0 aliphatic carbocycles. The SMILES string of the molecule is C1CC[SiH]([SiH2]CC2CO2)CC1. The molecule has 2 heterocycles. The molecule has 0 bridgehead atoms. The van der Waals surface area contributed by atoms with Crippen molar-refractivity contribution in [3.63, 3.8) is 0 Å². The first-order chi connectivity index (χ1) is 5.45. The highest BCUT2D eigenvalue weighted by Crippen LogP contribution is 2.21. The Kier molecular flexibility index (Phi) is 2.82. The van der Waals surface area contributed by atoms with Crippen LogP contribution in [0.15, 0.2) is 0 Å². The molecule has 0 N–H and O–H groups in total. The molecule has 0 aromatic heterocycles. The van der Waals surface area contributed by atoms with E-state index in [1.54, 1.807) is 24.9 Å². The smallest absolute Gasteiger partial charge is 0.0779 e. The van der Waals surface area contributed by atoms with Crippen molar-refractivity contribution in [2.24, 2.45) is 0 Å². The topological polar surface area (TPSA) is 12.5 Å². The Morgan fingerprint density at radius 3 is 2.64 bits per heavy atom. The first-order valence-electron chi connectivity index (χ1n) is 5.07. The van der Waals surface area contributed by atoms with Gasteiger partial charge >= 0.3 is 0 Å². The minimum Gasteiger partial charge on any atom is -0.373 e. The summed E-state index contributed by atoms with van der Waals surface area (Å²) in [7, 11) is 0.311. The van der Waals surface area contributed by atoms with E-state index < -0.39 is 0 Å². The molecule has 0 radical (unpaired) electrons. The predicted octanol–water partition coefficient (Wildman–Crippen LogP) is 0.880. The van der Waals surface area contributed by atoms with Crippen molar-refractivity contribution in [2.75, 3.05) is 6.61 Å². The van der Waals surface area contributed by atoms with Crippen molar-refractivity contribution in [3.05, 3.63) is 0 Å². The molecule has 0 aromatic rings. The van der Waals surface area contributed by atoms with Gasteiger partial charge < -0.3 is 4.74 Å². The summed E-state index contributed by atoms with van der Waals surface area (Å²) in [5.41, 5.74) is 0. The lowest BCUT2D eigenvalue weighted by atomic mass is 10.3. The molecule has 11 heavy (non-hydrogen) atoms. The van der Waals surface area contributed by atoms with E-state index >= 15 is 0 Å². The summed E-state index contributed by atoms with van der Waals surface area (Å²) in [6.07, 6.45) is 5.46. The Hall–Kier alpha value is 0.394. The normalized spacial score (nSPS) is 33.3. The number of rotatable bonds is 3. The van der Waals surface area contributed by atoms with E-state index in [-0.39, 0.29) is 8.31 Å². The molecule has 2 rings (SSSR count). The fraction of sp³-hybridized carbons (Fsp3) is 1.00. The minimum atomic E-state index is -0.0834. The molecule has 2 aliphatic rings. The number of epoxide rings is 1. The number of hydrogen-bond acceptors (Lipinski definition) is 1. The van der Waals surface area contributed by atoms with E-state index in [1.165, 1.54) is 12.5 Å². The van der Waals surface area contributed by atoms with Gasteiger partial charge in [0, 0.05) is 17.4 Å². The second-order valence-corrected chi connectivity index (χ2v) is 13.3. The lowest BCUT2D eigenvalue weighted by molar-refractivity contribution is 0.423. The van der Waals surface area contributed by atoms with Gasteiger partial charge in [0.15, 0.2) is 0 Å². The lowest BCUT2D eigenvalue weighted by Crippen LogP contribution is -2.25. The molecule has 2 aliphatic heterocycles. The van der Waals surface area contributed by atoms with Crippen molar-refractivity contribution < 1.29 is 4.74 Å². The van der Waals surface area contributed by atoms with Crippen molar-refractivity contribution in [2.45, 2.75) is 43.5 Å². The Balaban J connectivity index is 1.59. The van der Waals surface area contributed by atoms with Crippen LogP contribution in [0.1, 0.15) is 19.3 Å². The average molecular weight is 186 g/mol. The molecule has 1 nitrogen and oxygen atoms in total. The summed E-state index contributed by atoms with van der Waals surface area (Å²) in [5.74, 6) is 0. The van der Waals surface area contributed by atoms with E-state index in [9.17, 15) is 0 Å². The van der Waals surface area contributed by atoms with Gasteiger partial charge in [0.1, 0.15) is 0 Å². The van der Waals surface area contributed by atoms with Crippen molar-refractivity contribution in [3.8, 4) is 0 Å². The zero-order chi connectivity index (χ0) is 7.52. The average Bonchev–Trinajstić information content (AvgIpc) is 2.86. The Labute approximate surface area is 72.7 Å². The quantitative estimate of drug-likeness (QED) is 0.471. The Morgan fingerprint density at radius 1 is 1.27 bits per heavy atom. The van der Waals surface area contributed by atoms with Crippen molar-refractivity contribution in [1.29, 1.82) is 0 Å². The zero-order valence-corrected chi connectivity index (χ0v) is 9.79. The molecule has 0 aromatic carbocycles. The Bertz CT molecular complexity index is 119. The molecule has 2 saturated heterocycles. The van der Waals surface area contributed by atoms with Crippen molar-refractivity contribution in [1.82, 2.24) is 0 Å². The summed E-state index contributed by atoms with van der Waals surface area (Å²) in [4.78, 5) is 0. The monoisotopic (exact) mass is 186 g/mol. The third kappa shape index (κ3) is 2.72. The molecule has 1 atom stereocenters. The van der Waals surface area contributed by atoms with Crippen LogP contribution in [0.2, 0.25) is 18.1 Å². The summed E-state index contributed by atoms with van der Waals surface area (Å²) < 4.78 is 5.26. The van der Waals surface area contributed by atoms with Gasteiger partial charge in [-0.25, -0.2) is 0 Å². The summed E-state index contributed by atoms with van der Waals surface area (Å²) in [6.45, 7) is 1.11. The van der Waals surface area contributed by atoms with Crippen molar-refractivity contribution >= 4 is 17.4 Å². The fourth-order valence-electron chi connectivity index (χ4n) is 2.13. The van der Waals surface area contributed by atoms with E-state index in [4.69, 9.17) is 4.74 Å². The van der Waals surface area contributed by atoms with E-state index in [0.717, 1.165) is 12.7 Å². The first-order valence-corrected chi connectivity index (χ1v) is 11.0. The molecule has 2 fully saturated rings. The van der Waals surface area contributed by atoms with Gasteiger partial charge in [-0.2, -0.15) is 0 Å². The maximum absolute atomic E-state index is 5.26. The van der Waals surface area contributed by atoms with Crippen LogP contribution in [0.3, 0.4) is 0 Å². The Morgan fingerprint density at radius 2 is 2.00 bits per heavy atom. The van der Waals surface area contributed by atoms with Gasteiger partial charge in [-0.3, -0.25) is 0 Å². The number of ether oxygens (including phenoxy) is 1. The molecule has 0 amide bonds. The van der Waals surface area contributed by atoms with Gasteiger partial charge in [0.25, 0.3) is 0 Å². The molecular formula is C8H18OSi2. The largest absolute Gasteiger partial charge is 0.373 e. The first kappa shape index (κ1) is 8.01. The highest BCUT2D eigenvalue weighted by molar-refractivity contribution is 7.12. The standard InChI is InChI=1S/C8H18OSi2/c1-2-4-11(5-3-1)10-7-8-6-9-8/h8,11H,1-7,10H2. The predicted molar refractivity (Wildman–Crippen MR) is 53.7 cm³/mol. The maximum Gasteiger partial charge on any atom is 0.0779 e. The molecule has 3 heteroatoms.